The molecule has 1 aromatic heterocycles. The van der Waals surface area contributed by atoms with Crippen LogP contribution in [0.5, 0.6) is 5.75 Å². The summed E-state index contributed by atoms with van der Waals surface area (Å²) >= 11 is 0. The highest BCUT2D eigenvalue weighted by molar-refractivity contribution is 6.25. The number of nitrogens with two attached hydrogens (primary N) is 1. The molecule has 254 valence electrons. The SMILES string of the molecule is CCCCCCOc1ccc(-c2nc3cc(N(C)C)c4c(c3o2)C(=O)C2=C(O)[C@]3(O)C(=O)C(C(N)=O)=C(O)[C@@H](N(C)C)[C@@H]3C[C@@H]2C4)cc1. The number of likely N-dealkylation sites (N-methyl/N-ethyl adjacent to an activating group) is 1. The number of carbonyl (C=O) groups is 3. The summed E-state index contributed by atoms with van der Waals surface area (Å²) in [5, 5.41) is 34.7. The fraction of sp³-hybridized carbons (Fsp3) is 0.444. The Morgan fingerprint density at radius 1 is 1.10 bits per heavy atom. The molecule has 3 aliphatic rings. The van der Waals surface area contributed by atoms with Gasteiger partial charge in [-0.05, 0) is 75.2 Å². The molecule has 0 unspecified atom stereocenters. The number of aliphatic hydroxyl groups is 3. The Hall–Kier alpha value is -4.68. The van der Waals surface area contributed by atoms with Gasteiger partial charge in [-0.2, -0.15) is 0 Å². The van der Waals surface area contributed by atoms with Crippen LogP contribution in [0.1, 0.15) is 54.9 Å². The molecule has 0 saturated carbocycles. The smallest absolute Gasteiger partial charge is 0.255 e. The number of aliphatic hydroxyl groups excluding tert-OH is 2. The lowest BCUT2D eigenvalue weighted by Gasteiger charge is -2.50. The molecule has 1 amide bonds. The van der Waals surface area contributed by atoms with Crippen LogP contribution in [0, 0.1) is 11.8 Å². The molecule has 0 spiro atoms. The number of nitrogens with zero attached hydrogens (tertiary/aromatic N) is 3. The molecule has 0 aliphatic heterocycles. The lowest BCUT2D eigenvalue weighted by Crippen LogP contribution is -2.63. The lowest BCUT2D eigenvalue weighted by atomic mass is 9.58. The monoisotopic (exact) mass is 658 g/mol. The number of ketones is 2. The summed E-state index contributed by atoms with van der Waals surface area (Å²) in [6, 6.07) is 8.19. The molecular formula is C36H42N4O8. The van der Waals surface area contributed by atoms with Crippen molar-refractivity contribution in [3.63, 3.8) is 0 Å². The maximum Gasteiger partial charge on any atom is 0.255 e. The number of hydrogen-bond donors (Lipinski definition) is 4. The first-order valence-electron chi connectivity index (χ1n) is 16.3. The van der Waals surface area contributed by atoms with E-state index in [4.69, 9.17) is 19.9 Å². The summed E-state index contributed by atoms with van der Waals surface area (Å²) in [6.45, 7) is 2.80. The Morgan fingerprint density at radius 3 is 2.44 bits per heavy atom. The molecule has 1 heterocycles. The molecule has 0 saturated heterocycles. The molecule has 48 heavy (non-hydrogen) atoms. The van der Waals surface area contributed by atoms with Gasteiger partial charge in [-0.25, -0.2) is 4.98 Å². The number of rotatable bonds is 10. The number of oxazole rings is 1. The van der Waals surface area contributed by atoms with Crippen LogP contribution in [0.15, 0.2) is 57.4 Å². The first kappa shape index (κ1) is 33.2. The molecular weight excluding hydrogens is 616 g/mol. The average Bonchev–Trinajstić information content (AvgIpc) is 3.46. The predicted molar refractivity (Wildman–Crippen MR) is 179 cm³/mol. The van der Waals surface area contributed by atoms with Gasteiger partial charge in [0.1, 0.15) is 28.4 Å². The number of amides is 1. The minimum atomic E-state index is -2.66. The number of hydrogen-bond acceptors (Lipinski definition) is 11. The zero-order valence-corrected chi connectivity index (χ0v) is 27.9. The van der Waals surface area contributed by atoms with Crippen LogP contribution in [0.4, 0.5) is 5.69 Å². The second-order valence-electron chi connectivity index (χ2n) is 13.4. The molecule has 4 atom stereocenters. The van der Waals surface area contributed by atoms with Gasteiger partial charge in [0.15, 0.2) is 17.0 Å². The Kier molecular flexibility index (Phi) is 8.59. The summed E-state index contributed by atoms with van der Waals surface area (Å²) in [4.78, 5) is 48.6. The predicted octanol–water partition coefficient (Wildman–Crippen LogP) is 4.25. The summed E-state index contributed by atoms with van der Waals surface area (Å²) in [7, 11) is 6.94. The van der Waals surface area contributed by atoms with Gasteiger partial charge in [0, 0.05) is 36.8 Å². The number of Topliss-reactive ketones (excluding diaryl/α,β-unsaturated/α-hetero) is 2. The molecule has 12 nitrogen and oxygen atoms in total. The van der Waals surface area contributed by atoms with E-state index in [1.165, 1.54) is 6.42 Å². The number of primary amides is 1. The molecule has 5 N–H and O–H groups in total. The third-order valence-electron chi connectivity index (χ3n) is 9.93. The quantitative estimate of drug-likeness (QED) is 0.181. The van der Waals surface area contributed by atoms with Gasteiger partial charge in [0.2, 0.25) is 11.7 Å². The van der Waals surface area contributed by atoms with Crippen molar-refractivity contribution in [3.05, 3.63) is 64.1 Å². The fourth-order valence-corrected chi connectivity index (χ4v) is 7.62. The van der Waals surface area contributed by atoms with Crippen molar-refractivity contribution >= 4 is 34.3 Å². The van der Waals surface area contributed by atoms with Gasteiger partial charge in [0.25, 0.3) is 5.91 Å². The summed E-state index contributed by atoms with van der Waals surface area (Å²) in [5.74, 6) is -5.15. The van der Waals surface area contributed by atoms with Gasteiger partial charge in [-0.15, -0.1) is 0 Å². The number of anilines is 1. The lowest BCUT2D eigenvalue weighted by molar-refractivity contribution is -0.148. The van der Waals surface area contributed by atoms with E-state index in [9.17, 15) is 29.7 Å². The number of fused-ring (bicyclic) bond motifs is 5. The van der Waals surface area contributed by atoms with E-state index in [0.29, 0.717) is 23.3 Å². The third-order valence-corrected chi connectivity index (χ3v) is 9.93. The maximum atomic E-state index is 14.5. The molecule has 12 heteroatoms. The highest BCUT2D eigenvalue weighted by Gasteiger charge is 2.63. The van der Waals surface area contributed by atoms with Crippen molar-refractivity contribution < 1.29 is 38.9 Å². The van der Waals surface area contributed by atoms with Crippen LogP contribution in [-0.2, 0) is 16.0 Å². The second-order valence-corrected chi connectivity index (χ2v) is 13.4. The Balaban J connectivity index is 1.43. The zero-order valence-electron chi connectivity index (χ0n) is 27.9. The van der Waals surface area contributed by atoms with E-state index in [-0.39, 0.29) is 35.5 Å². The minimum absolute atomic E-state index is 0.0609. The number of carbonyl (C=O) groups excluding carboxylic acids is 3. The largest absolute Gasteiger partial charge is 0.510 e. The van der Waals surface area contributed by atoms with E-state index in [2.05, 4.69) is 6.92 Å². The molecule has 0 radical (unpaired) electrons. The van der Waals surface area contributed by atoms with E-state index in [0.717, 1.165) is 30.7 Å². The standard InChI is InChI=1S/C36H42N4O8/c1-6-7-8-9-14-47-20-12-10-18(11-13-20)35-38-23-17-24(39(2)3)21-15-19-16-22-28(40(4)5)30(42)27(34(37)45)33(44)36(22,46)32(43)25(19)29(41)26(21)31(23)48-35/h10-13,17,19,22,28,42-43,46H,6-9,14-16H2,1-5H3,(H2,37,45)/t19-,22-,28-,36-/m0/s1. The number of unbranched alkanes of at least 4 members (excludes halogenated alkanes) is 3. The number of benzene rings is 2. The number of aromatic nitrogens is 1. The highest BCUT2D eigenvalue weighted by Crippen LogP contribution is 2.53. The van der Waals surface area contributed by atoms with Crippen molar-refractivity contribution in [3.8, 4) is 17.2 Å². The van der Waals surface area contributed by atoms with Crippen LogP contribution in [-0.4, -0.2) is 89.1 Å². The molecule has 0 fully saturated rings. The van der Waals surface area contributed by atoms with Crippen LogP contribution in [0.25, 0.3) is 22.6 Å². The Morgan fingerprint density at radius 2 is 1.81 bits per heavy atom. The van der Waals surface area contributed by atoms with Crippen LogP contribution in [0.3, 0.4) is 0 Å². The fourth-order valence-electron chi connectivity index (χ4n) is 7.62. The highest BCUT2D eigenvalue weighted by atomic mass is 16.5. The first-order valence-corrected chi connectivity index (χ1v) is 16.3. The normalized spacial score (nSPS) is 23.8. The van der Waals surface area contributed by atoms with E-state index in [1.54, 1.807) is 19.0 Å². The molecule has 0 bridgehead atoms. The molecule has 3 aliphatic carbocycles. The third kappa shape index (κ3) is 5.14. The van der Waals surface area contributed by atoms with Crippen molar-refractivity contribution in [1.29, 1.82) is 0 Å². The Bertz CT molecular complexity index is 1870. The summed E-state index contributed by atoms with van der Waals surface area (Å²) in [6.07, 6.45) is 4.77. The zero-order chi connectivity index (χ0) is 34.7. The Labute approximate surface area is 278 Å². The van der Waals surface area contributed by atoms with Gasteiger partial charge < -0.3 is 35.1 Å². The van der Waals surface area contributed by atoms with Crippen molar-refractivity contribution in [2.24, 2.45) is 17.6 Å². The first-order chi connectivity index (χ1) is 22.8. The van der Waals surface area contributed by atoms with Crippen molar-refractivity contribution in [2.45, 2.75) is 57.1 Å². The van der Waals surface area contributed by atoms with E-state index < -0.39 is 58.0 Å². The number of ether oxygens (including phenoxy) is 1. The van der Waals surface area contributed by atoms with Crippen LogP contribution in [0.2, 0.25) is 0 Å². The molecule has 6 rings (SSSR count). The van der Waals surface area contributed by atoms with Crippen LogP contribution < -0.4 is 15.4 Å². The number of allylic oxidation sites excluding steroid dienone is 1. The van der Waals surface area contributed by atoms with Gasteiger partial charge in [-0.3, -0.25) is 19.3 Å². The van der Waals surface area contributed by atoms with Crippen LogP contribution >= 0.6 is 0 Å². The van der Waals surface area contributed by atoms with Crippen molar-refractivity contribution in [1.82, 2.24) is 9.88 Å². The maximum absolute atomic E-state index is 14.5. The average molecular weight is 659 g/mol. The van der Waals surface area contributed by atoms with Gasteiger partial charge in [-0.1, -0.05) is 26.2 Å². The summed E-state index contributed by atoms with van der Waals surface area (Å²) in [5.41, 5.74) is 4.79. The summed E-state index contributed by atoms with van der Waals surface area (Å²) < 4.78 is 12.1. The molecule has 2 aromatic carbocycles. The van der Waals surface area contributed by atoms with Crippen molar-refractivity contribution in [2.75, 3.05) is 39.7 Å². The van der Waals surface area contributed by atoms with E-state index in [1.807, 2.05) is 49.3 Å². The minimum Gasteiger partial charge on any atom is -0.510 e. The second kappa shape index (κ2) is 12.4. The van der Waals surface area contributed by atoms with Gasteiger partial charge in [0.05, 0.1) is 18.2 Å². The van der Waals surface area contributed by atoms with Gasteiger partial charge >= 0.3 is 0 Å². The topological polar surface area (TPSA) is 180 Å². The molecule has 3 aromatic rings. The van der Waals surface area contributed by atoms with E-state index >= 15 is 0 Å².